The first kappa shape index (κ1) is 24.0. The fourth-order valence-corrected chi connectivity index (χ4v) is 4.44. The second kappa shape index (κ2) is 10.5. The van der Waals surface area contributed by atoms with E-state index in [0.717, 1.165) is 21.2 Å². The summed E-state index contributed by atoms with van der Waals surface area (Å²) in [5.74, 6) is 0.230. The van der Waals surface area contributed by atoms with Crippen LogP contribution < -0.4 is 10.6 Å². The lowest BCUT2D eigenvalue weighted by Gasteiger charge is -2.12. The van der Waals surface area contributed by atoms with Crippen molar-refractivity contribution < 1.29 is 9.59 Å². The molecule has 0 aliphatic carbocycles. The number of carbonyl (C=O) groups is 2. The lowest BCUT2D eigenvalue weighted by atomic mass is 10.00. The van der Waals surface area contributed by atoms with Crippen molar-refractivity contribution in [2.24, 2.45) is 4.99 Å². The number of nitrogens with zero attached hydrogens (tertiary/aromatic N) is 2. The Kier molecular flexibility index (Phi) is 6.97. The van der Waals surface area contributed by atoms with Gasteiger partial charge in [0, 0.05) is 45.1 Å². The first-order chi connectivity index (χ1) is 17.4. The Morgan fingerprint density at radius 1 is 1.06 bits per heavy atom. The molecule has 0 spiro atoms. The monoisotopic (exact) mass is 561 g/mol. The van der Waals surface area contributed by atoms with Crippen LogP contribution in [-0.2, 0) is 22.4 Å². The third-order valence-electron chi connectivity index (χ3n) is 5.75. The summed E-state index contributed by atoms with van der Waals surface area (Å²) < 4.78 is 0.971. The molecule has 0 saturated carbocycles. The number of fused-ring (bicyclic) bond motifs is 1. The number of aromatic amines is 1. The molecule has 3 aromatic carbocycles. The summed E-state index contributed by atoms with van der Waals surface area (Å²) in [5, 5.41) is 6.39. The van der Waals surface area contributed by atoms with Crippen molar-refractivity contribution in [1.29, 1.82) is 0 Å². The minimum absolute atomic E-state index is 0.154. The lowest BCUT2D eigenvalue weighted by molar-refractivity contribution is -0.117. The van der Waals surface area contributed by atoms with E-state index in [1.165, 1.54) is 0 Å². The minimum atomic E-state index is -0.625. The molecule has 2 heterocycles. The average molecular weight is 563 g/mol. The van der Waals surface area contributed by atoms with Gasteiger partial charge in [-0.15, -0.1) is 0 Å². The highest BCUT2D eigenvalue weighted by Gasteiger charge is 2.26. The van der Waals surface area contributed by atoms with Gasteiger partial charge in [-0.05, 0) is 48.0 Å². The van der Waals surface area contributed by atoms with Gasteiger partial charge in [0.1, 0.15) is 11.9 Å². The van der Waals surface area contributed by atoms with Crippen molar-refractivity contribution in [2.75, 3.05) is 10.6 Å². The summed E-state index contributed by atoms with van der Waals surface area (Å²) in [6.07, 6.45) is 3.89. The van der Waals surface area contributed by atoms with Gasteiger partial charge in [0.15, 0.2) is 0 Å². The summed E-state index contributed by atoms with van der Waals surface area (Å²) >= 11 is 9.68. The van der Waals surface area contributed by atoms with Gasteiger partial charge in [-0.2, -0.15) is 0 Å². The highest BCUT2D eigenvalue weighted by Crippen LogP contribution is 2.29. The van der Waals surface area contributed by atoms with Crippen LogP contribution in [0.15, 0.2) is 88.6 Å². The summed E-state index contributed by atoms with van der Waals surface area (Å²) in [6, 6.07) is 20.0. The van der Waals surface area contributed by atoms with Crippen LogP contribution in [0.25, 0.3) is 0 Å². The molecule has 180 valence electrons. The van der Waals surface area contributed by atoms with E-state index in [0.29, 0.717) is 34.4 Å². The molecule has 7 nitrogen and oxygen atoms in total. The first-order valence-corrected chi connectivity index (χ1v) is 12.4. The number of aliphatic imine (C=N–C) groups is 1. The molecule has 0 bridgehead atoms. The van der Waals surface area contributed by atoms with Crippen LogP contribution in [0.2, 0.25) is 5.02 Å². The van der Waals surface area contributed by atoms with Crippen molar-refractivity contribution in [3.8, 4) is 0 Å². The van der Waals surface area contributed by atoms with Crippen molar-refractivity contribution in [2.45, 2.75) is 18.9 Å². The second-order valence-corrected chi connectivity index (χ2v) is 9.69. The van der Waals surface area contributed by atoms with Gasteiger partial charge >= 0.3 is 0 Å². The van der Waals surface area contributed by atoms with Crippen LogP contribution in [-0.4, -0.2) is 33.5 Å². The quantitative estimate of drug-likeness (QED) is 0.293. The number of carbonyl (C=O) groups excluding carboxylic acids is 2. The molecule has 9 heteroatoms. The Labute approximate surface area is 221 Å². The molecule has 5 rings (SSSR count). The molecule has 1 unspecified atom stereocenters. The van der Waals surface area contributed by atoms with Gasteiger partial charge in [0.05, 0.1) is 17.8 Å². The zero-order chi connectivity index (χ0) is 25.1. The zero-order valence-electron chi connectivity index (χ0n) is 19.0. The van der Waals surface area contributed by atoms with Gasteiger partial charge in [-0.3, -0.25) is 14.6 Å². The smallest absolute Gasteiger partial charge is 0.249 e. The maximum absolute atomic E-state index is 13.1. The fourth-order valence-electron chi connectivity index (χ4n) is 4.00. The van der Waals surface area contributed by atoms with Gasteiger partial charge in [-0.1, -0.05) is 51.8 Å². The number of aromatic nitrogens is 2. The van der Waals surface area contributed by atoms with Crippen molar-refractivity contribution in [3.63, 3.8) is 0 Å². The average Bonchev–Trinajstić information content (AvgIpc) is 3.32. The van der Waals surface area contributed by atoms with Gasteiger partial charge in [-0.25, -0.2) is 4.98 Å². The predicted molar refractivity (Wildman–Crippen MR) is 145 cm³/mol. The van der Waals surface area contributed by atoms with E-state index in [4.69, 9.17) is 16.6 Å². The molecule has 0 saturated heterocycles. The Hall–Kier alpha value is -3.75. The molecule has 0 fully saturated rings. The number of benzene rings is 3. The Morgan fingerprint density at radius 3 is 2.56 bits per heavy atom. The van der Waals surface area contributed by atoms with Crippen molar-refractivity contribution in [1.82, 2.24) is 9.97 Å². The molecular formula is C27H21BrClN5O2. The number of hydrogen-bond acceptors (Lipinski definition) is 4. The standard InChI is InChI=1S/C27H21BrClN5O2/c28-18-5-1-16(2-6-18)13-23-27(36)34-22-14-19(29)7-10-21(22)26(33-23)17-3-8-20(9-4-17)32-25(35)15-24-30-11-12-31-24/h1-12,14,23H,13,15H2,(H,30,31)(H,32,35)(H,34,36). The normalized spacial score (nSPS) is 14.9. The number of nitrogens with one attached hydrogen (secondary N) is 3. The number of benzodiazepines with no additional fused rings is 1. The lowest BCUT2D eigenvalue weighted by Crippen LogP contribution is -2.27. The molecule has 1 aliphatic heterocycles. The molecule has 36 heavy (non-hydrogen) atoms. The Bertz CT molecular complexity index is 1430. The summed E-state index contributed by atoms with van der Waals surface area (Å²) in [7, 11) is 0. The SMILES string of the molecule is O=C(Cc1ncc[nH]1)Nc1ccc(C2=NC(Cc3ccc(Br)cc3)C(=O)Nc3cc(Cl)ccc32)cc1. The molecular weight excluding hydrogens is 542 g/mol. The predicted octanol–water partition coefficient (Wildman–Crippen LogP) is 5.41. The molecule has 4 aromatic rings. The van der Waals surface area contributed by atoms with E-state index in [-0.39, 0.29) is 18.2 Å². The fraction of sp³-hybridized carbons (Fsp3) is 0.111. The summed E-state index contributed by atoms with van der Waals surface area (Å²) in [4.78, 5) is 37.3. The van der Waals surface area contributed by atoms with Crippen LogP contribution in [0.3, 0.4) is 0 Å². The molecule has 0 radical (unpaired) electrons. The van der Waals surface area contributed by atoms with Gasteiger partial charge < -0.3 is 15.6 Å². The van der Waals surface area contributed by atoms with Crippen LogP contribution in [0.1, 0.15) is 22.5 Å². The van der Waals surface area contributed by atoms with Crippen molar-refractivity contribution >= 4 is 56.4 Å². The third kappa shape index (κ3) is 5.56. The van der Waals surface area contributed by atoms with Gasteiger partial charge in [0.25, 0.3) is 0 Å². The maximum Gasteiger partial charge on any atom is 0.249 e. The third-order valence-corrected chi connectivity index (χ3v) is 6.51. The number of anilines is 2. The Morgan fingerprint density at radius 2 is 1.83 bits per heavy atom. The number of imidazole rings is 1. The van der Waals surface area contributed by atoms with Crippen molar-refractivity contribution in [3.05, 3.63) is 111 Å². The maximum atomic E-state index is 13.1. The number of H-pyrrole nitrogens is 1. The molecule has 1 aromatic heterocycles. The van der Waals surface area contributed by atoms with Crippen LogP contribution in [0, 0.1) is 0 Å². The molecule has 2 amide bonds. The van der Waals surface area contributed by atoms with Crippen LogP contribution >= 0.6 is 27.5 Å². The summed E-state index contributed by atoms with van der Waals surface area (Å²) in [6.45, 7) is 0. The molecule has 1 aliphatic rings. The number of halogens is 2. The first-order valence-electron chi connectivity index (χ1n) is 11.3. The van der Waals surface area contributed by atoms with Gasteiger partial charge in [0.2, 0.25) is 11.8 Å². The van der Waals surface area contributed by atoms with E-state index in [1.54, 1.807) is 24.5 Å². The van der Waals surface area contributed by atoms with E-state index in [9.17, 15) is 9.59 Å². The van der Waals surface area contributed by atoms with Crippen LogP contribution in [0.5, 0.6) is 0 Å². The minimum Gasteiger partial charge on any atom is -0.348 e. The highest BCUT2D eigenvalue weighted by molar-refractivity contribution is 9.10. The van der Waals surface area contributed by atoms with E-state index >= 15 is 0 Å². The largest absolute Gasteiger partial charge is 0.348 e. The summed E-state index contributed by atoms with van der Waals surface area (Å²) in [5.41, 5.74) is 4.54. The van der Waals surface area contributed by atoms with E-state index in [2.05, 4.69) is 36.5 Å². The molecule has 1 atom stereocenters. The topological polar surface area (TPSA) is 99.2 Å². The second-order valence-electron chi connectivity index (χ2n) is 8.34. The highest BCUT2D eigenvalue weighted by atomic mass is 79.9. The van der Waals surface area contributed by atoms with E-state index in [1.807, 2.05) is 54.6 Å². The van der Waals surface area contributed by atoms with E-state index < -0.39 is 6.04 Å². The molecule has 3 N–H and O–H groups in total. The van der Waals surface area contributed by atoms with Crippen LogP contribution in [0.4, 0.5) is 11.4 Å². The number of amides is 2. The zero-order valence-corrected chi connectivity index (χ0v) is 21.3. The number of rotatable bonds is 6. The Balaban J connectivity index is 1.44. The number of hydrogen-bond donors (Lipinski definition) is 3.